The molecule has 6 rings (SSSR count). The van der Waals surface area contributed by atoms with Crippen LogP contribution >= 0.6 is 0 Å². The Hall–Kier alpha value is -3.65. The zero-order valence-corrected chi connectivity index (χ0v) is 22.4. The maximum absolute atomic E-state index is 15.1. The summed E-state index contributed by atoms with van der Waals surface area (Å²) in [4.78, 5) is 19.7. The quantitative estimate of drug-likeness (QED) is 0.372. The van der Waals surface area contributed by atoms with Gasteiger partial charge in [0.1, 0.15) is 17.3 Å². The highest BCUT2D eigenvalue weighted by molar-refractivity contribution is 7.89. The predicted molar refractivity (Wildman–Crippen MR) is 145 cm³/mol. The molecule has 0 amide bonds. The van der Waals surface area contributed by atoms with Crippen LogP contribution in [0.2, 0.25) is 0 Å². The minimum Gasteiger partial charge on any atom is -0.337 e. The van der Waals surface area contributed by atoms with Crippen molar-refractivity contribution in [2.75, 3.05) is 51.6 Å². The zero-order valence-electron chi connectivity index (χ0n) is 21.6. The van der Waals surface area contributed by atoms with Crippen LogP contribution in [0.5, 0.6) is 0 Å². The molecule has 0 unspecified atom stereocenters. The van der Waals surface area contributed by atoms with Crippen molar-refractivity contribution in [1.29, 1.82) is 0 Å². The van der Waals surface area contributed by atoms with E-state index in [2.05, 4.69) is 20.7 Å². The number of piperazine rings is 1. The molecular formula is C26H29FN8O3S. The number of nitrogens with one attached hydrogen (secondary N) is 2. The van der Waals surface area contributed by atoms with Gasteiger partial charge in [-0.2, -0.15) is 9.40 Å². The molecule has 0 aliphatic carbocycles. The SMILES string of the molecule is Cc1c(Nc2ccc(S(=O)(=O)N3CCN(C)CC3)cc2F)nc2ccc(-c3cnn(C4CNC4)c3)cn2c1=O. The zero-order chi connectivity index (χ0) is 27.3. The topological polar surface area (TPSA) is 117 Å². The Morgan fingerprint density at radius 2 is 1.82 bits per heavy atom. The number of nitrogens with zero attached hydrogens (tertiary/aromatic N) is 6. The second-order valence-corrected chi connectivity index (χ2v) is 12.0. The van der Waals surface area contributed by atoms with E-state index in [1.54, 1.807) is 25.4 Å². The molecular weight excluding hydrogens is 523 g/mol. The summed E-state index contributed by atoms with van der Waals surface area (Å²) in [6.45, 7) is 5.32. The summed E-state index contributed by atoms with van der Waals surface area (Å²) in [6.07, 6.45) is 5.46. The van der Waals surface area contributed by atoms with Gasteiger partial charge in [-0.3, -0.25) is 13.9 Å². The van der Waals surface area contributed by atoms with Crippen LogP contribution in [0.3, 0.4) is 0 Å². The van der Waals surface area contributed by atoms with Crippen molar-refractivity contribution in [2.45, 2.75) is 17.9 Å². The molecule has 13 heteroatoms. The first-order valence-electron chi connectivity index (χ1n) is 12.7. The largest absolute Gasteiger partial charge is 0.337 e. The molecule has 0 radical (unpaired) electrons. The predicted octanol–water partition coefficient (Wildman–Crippen LogP) is 1.83. The van der Waals surface area contributed by atoms with Gasteiger partial charge >= 0.3 is 0 Å². The third-order valence-corrected chi connectivity index (χ3v) is 9.31. The summed E-state index contributed by atoms with van der Waals surface area (Å²) in [7, 11) is -1.88. The molecule has 2 aliphatic heterocycles. The Balaban J connectivity index is 1.26. The van der Waals surface area contributed by atoms with Crippen molar-refractivity contribution >= 4 is 27.2 Å². The molecule has 5 heterocycles. The van der Waals surface area contributed by atoms with Crippen LogP contribution in [-0.4, -0.2) is 83.1 Å². The number of likely N-dealkylation sites (N-methyl/N-ethyl adjacent to an activating group) is 1. The Bertz CT molecular complexity index is 1720. The Morgan fingerprint density at radius 1 is 1.05 bits per heavy atom. The molecule has 2 fully saturated rings. The highest BCUT2D eigenvalue weighted by Gasteiger charge is 2.28. The van der Waals surface area contributed by atoms with Gasteiger partial charge < -0.3 is 15.5 Å². The molecule has 2 aliphatic rings. The number of benzene rings is 1. The number of anilines is 2. The van der Waals surface area contributed by atoms with E-state index >= 15 is 4.39 Å². The van der Waals surface area contributed by atoms with Crippen LogP contribution in [0.1, 0.15) is 11.6 Å². The molecule has 4 aromatic rings. The summed E-state index contributed by atoms with van der Waals surface area (Å²) in [5, 5.41) is 10.5. The normalized spacial score (nSPS) is 17.4. The number of rotatable bonds is 6. The summed E-state index contributed by atoms with van der Waals surface area (Å²) in [5.74, 6) is -0.549. The summed E-state index contributed by atoms with van der Waals surface area (Å²) in [5.41, 5.74) is 2.14. The van der Waals surface area contributed by atoms with Crippen molar-refractivity contribution < 1.29 is 12.8 Å². The molecule has 3 aromatic heterocycles. The number of fused-ring (bicyclic) bond motifs is 1. The molecule has 0 atom stereocenters. The molecule has 1 aromatic carbocycles. The molecule has 2 saturated heterocycles. The number of sulfonamides is 1. The third-order valence-electron chi connectivity index (χ3n) is 7.41. The fraction of sp³-hybridized carbons (Fsp3) is 0.346. The number of pyridine rings is 1. The summed E-state index contributed by atoms with van der Waals surface area (Å²) in [6, 6.07) is 7.66. The first kappa shape index (κ1) is 25.6. The van der Waals surface area contributed by atoms with Crippen LogP contribution in [0.4, 0.5) is 15.9 Å². The number of hydrogen-bond donors (Lipinski definition) is 2. The van der Waals surface area contributed by atoms with Crippen LogP contribution in [-0.2, 0) is 10.0 Å². The Kier molecular flexibility index (Phi) is 6.46. The van der Waals surface area contributed by atoms with Crippen LogP contribution in [0.15, 0.2) is 58.6 Å². The van der Waals surface area contributed by atoms with Gasteiger partial charge in [0.25, 0.3) is 5.56 Å². The lowest BCUT2D eigenvalue weighted by Gasteiger charge is -2.31. The van der Waals surface area contributed by atoms with Gasteiger partial charge in [0, 0.05) is 62.8 Å². The van der Waals surface area contributed by atoms with Gasteiger partial charge in [-0.15, -0.1) is 0 Å². The van der Waals surface area contributed by atoms with E-state index in [1.165, 1.54) is 20.8 Å². The monoisotopic (exact) mass is 552 g/mol. The van der Waals surface area contributed by atoms with E-state index in [4.69, 9.17) is 0 Å². The molecule has 39 heavy (non-hydrogen) atoms. The standard InChI is InChI=1S/C26H29FN8O3S/c1-17-25(30-23-5-4-21(11-22(23)27)39(37,38)33-9-7-32(2)8-10-33)31-24-6-3-18(15-34(24)26(17)36)19-12-29-35(16-19)20-13-28-14-20/h3-6,11-12,15-16,20,28,30H,7-10,13-14H2,1-2H3. The fourth-order valence-electron chi connectivity index (χ4n) is 4.73. The van der Waals surface area contributed by atoms with Gasteiger partial charge in [-0.25, -0.2) is 17.8 Å². The van der Waals surface area contributed by atoms with Gasteiger partial charge in [-0.1, -0.05) is 0 Å². The van der Waals surface area contributed by atoms with Gasteiger partial charge in [0.2, 0.25) is 10.0 Å². The first-order valence-corrected chi connectivity index (χ1v) is 14.2. The van der Waals surface area contributed by atoms with E-state index in [0.717, 1.165) is 30.3 Å². The second kappa shape index (κ2) is 9.83. The van der Waals surface area contributed by atoms with E-state index in [9.17, 15) is 13.2 Å². The highest BCUT2D eigenvalue weighted by Crippen LogP contribution is 2.26. The van der Waals surface area contributed by atoms with Gasteiger partial charge in [0.05, 0.1) is 28.4 Å². The van der Waals surface area contributed by atoms with Gasteiger partial charge in [0.15, 0.2) is 0 Å². The molecule has 11 nitrogen and oxygen atoms in total. The number of aromatic nitrogens is 4. The van der Waals surface area contributed by atoms with E-state index in [0.29, 0.717) is 43.4 Å². The Morgan fingerprint density at radius 3 is 2.51 bits per heavy atom. The van der Waals surface area contributed by atoms with Crippen molar-refractivity contribution in [1.82, 2.24) is 33.7 Å². The lowest BCUT2D eigenvalue weighted by molar-refractivity contribution is 0.222. The molecule has 0 bridgehead atoms. The average molecular weight is 553 g/mol. The lowest BCUT2D eigenvalue weighted by Crippen LogP contribution is -2.47. The van der Waals surface area contributed by atoms with E-state index in [1.807, 2.05) is 28.9 Å². The maximum atomic E-state index is 15.1. The van der Waals surface area contributed by atoms with Crippen LogP contribution < -0.4 is 16.2 Å². The van der Waals surface area contributed by atoms with Crippen molar-refractivity contribution in [3.05, 3.63) is 70.7 Å². The summed E-state index contributed by atoms with van der Waals surface area (Å²) >= 11 is 0. The molecule has 0 saturated carbocycles. The van der Waals surface area contributed by atoms with E-state index < -0.39 is 15.8 Å². The smallest absolute Gasteiger partial charge is 0.262 e. The fourth-order valence-corrected chi connectivity index (χ4v) is 6.16. The van der Waals surface area contributed by atoms with Crippen LogP contribution in [0, 0.1) is 12.7 Å². The molecule has 2 N–H and O–H groups in total. The highest BCUT2D eigenvalue weighted by atomic mass is 32.2. The van der Waals surface area contributed by atoms with Crippen molar-refractivity contribution in [3.63, 3.8) is 0 Å². The third kappa shape index (κ3) is 4.71. The lowest BCUT2D eigenvalue weighted by atomic mass is 10.1. The summed E-state index contributed by atoms with van der Waals surface area (Å²) < 4.78 is 45.8. The second-order valence-electron chi connectivity index (χ2n) is 10.0. The Labute approximate surface area is 224 Å². The van der Waals surface area contributed by atoms with Crippen molar-refractivity contribution in [2.24, 2.45) is 0 Å². The number of hydrogen-bond acceptors (Lipinski definition) is 8. The van der Waals surface area contributed by atoms with Crippen LogP contribution in [0.25, 0.3) is 16.8 Å². The van der Waals surface area contributed by atoms with Gasteiger partial charge in [-0.05, 0) is 44.3 Å². The maximum Gasteiger partial charge on any atom is 0.262 e. The molecule has 0 spiro atoms. The minimum absolute atomic E-state index is 0.0289. The van der Waals surface area contributed by atoms with Crippen molar-refractivity contribution in [3.8, 4) is 11.1 Å². The molecule has 204 valence electrons. The minimum atomic E-state index is -3.81. The number of halogens is 1. The first-order chi connectivity index (χ1) is 18.7. The van der Waals surface area contributed by atoms with E-state index in [-0.39, 0.29) is 22.0 Å². The average Bonchev–Trinajstić information content (AvgIpc) is 3.36.